The van der Waals surface area contributed by atoms with Crippen molar-refractivity contribution in [2.75, 3.05) is 6.54 Å². The summed E-state index contributed by atoms with van der Waals surface area (Å²) in [5.41, 5.74) is 2.80. The van der Waals surface area contributed by atoms with Crippen molar-refractivity contribution in [3.63, 3.8) is 0 Å². The van der Waals surface area contributed by atoms with Crippen LogP contribution in [0.1, 0.15) is 52.4 Å². The first-order valence-electron chi connectivity index (χ1n) is 7.47. The highest BCUT2D eigenvalue weighted by atomic mass is 15.3. The van der Waals surface area contributed by atoms with Crippen LogP contribution in [0.4, 0.5) is 0 Å². The summed E-state index contributed by atoms with van der Waals surface area (Å²) in [6.45, 7) is 14.6. The van der Waals surface area contributed by atoms with Gasteiger partial charge in [0.1, 0.15) is 0 Å². The zero-order valence-electron chi connectivity index (χ0n) is 13.7. The molecule has 2 atom stereocenters. The van der Waals surface area contributed by atoms with Gasteiger partial charge in [0.25, 0.3) is 0 Å². The van der Waals surface area contributed by atoms with Gasteiger partial charge in [0.05, 0.1) is 5.69 Å². The molecule has 0 radical (unpaired) electrons. The Morgan fingerprint density at radius 3 is 2.42 bits per heavy atom. The molecule has 0 amide bonds. The molecule has 0 aliphatic rings. The Morgan fingerprint density at radius 1 is 1.37 bits per heavy atom. The number of nitrogens with one attached hydrogen (secondary N) is 1. The lowest BCUT2D eigenvalue weighted by Crippen LogP contribution is -2.35. The highest BCUT2D eigenvalue weighted by molar-refractivity contribution is 5.10. The Balaban J connectivity index is 2.70. The normalized spacial score (nSPS) is 15.5. The summed E-state index contributed by atoms with van der Waals surface area (Å²) < 4.78 is 2.02. The molecular weight excluding hydrogens is 234 g/mol. The third-order valence-corrected chi connectivity index (χ3v) is 4.16. The number of rotatable bonds is 6. The smallest absolute Gasteiger partial charge is 0.0596 e. The van der Waals surface area contributed by atoms with Gasteiger partial charge in [-0.15, -0.1) is 0 Å². The third-order valence-electron chi connectivity index (χ3n) is 4.16. The first-order valence-corrected chi connectivity index (χ1v) is 7.47. The minimum Gasteiger partial charge on any atom is -0.314 e. The zero-order valence-corrected chi connectivity index (χ0v) is 13.7. The fourth-order valence-corrected chi connectivity index (χ4v) is 2.42. The summed E-state index contributed by atoms with van der Waals surface area (Å²) in [6, 6.07) is 2.74. The lowest BCUT2D eigenvalue weighted by atomic mass is 9.78. The van der Waals surface area contributed by atoms with Crippen molar-refractivity contribution in [1.29, 1.82) is 0 Å². The maximum absolute atomic E-state index is 4.44. The van der Waals surface area contributed by atoms with Gasteiger partial charge in [-0.25, -0.2) is 0 Å². The average Bonchev–Trinajstić information content (AvgIpc) is 2.56. The van der Waals surface area contributed by atoms with E-state index in [1.54, 1.807) is 0 Å². The molecule has 1 heterocycles. The van der Waals surface area contributed by atoms with E-state index in [9.17, 15) is 0 Å². The summed E-state index contributed by atoms with van der Waals surface area (Å²) in [6.07, 6.45) is 2.27. The van der Waals surface area contributed by atoms with Gasteiger partial charge >= 0.3 is 0 Å². The van der Waals surface area contributed by atoms with Crippen LogP contribution in [0.25, 0.3) is 0 Å². The van der Waals surface area contributed by atoms with E-state index in [2.05, 4.69) is 58.0 Å². The van der Waals surface area contributed by atoms with Gasteiger partial charge in [0.2, 0.25) is 0 Å². The molecule has 1 aromatic rings. The Kier molecular flexibility index (Phi) is 5.60. The maximum Gasteiger partial charge on any atom is 0.0596 e. The first-order chi connectivity index (χ1) is 8.74. The van der Waals surface area contributed by atoms with Gasteiger partial charge in [0, 0.05) is 25.2 Å². The summed E-state index contributed by atoms with van der Waals surface area (Å²) >= 11 is 0. The van der Waals surface area contributed by atoms with Crippen LogP contribution in [0.3, 0.4) is 0 Å². The van der Waals surface area contributed by atoms with Gasteiger partial charge in [-0.05, 0) is 37.3 Å². The maximum atomic E-state index is 4.44. The number of hydrogen-bond donors (Lipinski definition) is 1. The molecule has 0 saturated heterocycles. The Hall–Kier alpha value is -0.830. The van der Waals surface area contributed by atoms with E-state index >= 15 is 0 Å². The monoisotopic (exact) mass is 265 g/mol. The predicted molar refractivity (Wildman–Crippen MR) is 82.3 cm³/mol. The lowest BCUT2D eigenvalue weighted by Gasteiger charge is -2.31. The minimum atomic E-state index is 0.371. The van der Waals surface area contributed by atoms with E-state index in [0.717, 1.165) is 18.7 Å². The number of hydrogen-bond acceptors (Lipinski definition) is 2. The standard InChI is InChI=1S/C16H31N3/c1-8-17-14(9-12(2)16(4,5)6)11-15-10-13(3)18-19(15)7/h10,12,14,17H,8-9,11H2,1-7H3. The van der Waals surface area contributed by atoms with E-state index in [-0.39, 0.29) is 0 Å². The van der Waals surface area contributed by atoms with E-state index in [1.165, 1.54) is 12.1 Å². The summed E-state index contributed by atoms with van der Waals surface area (Å²) in [4.78, 5) is 0. The quantitative estimate of drug-likeness (QED) is 0.855. The van der Waals surface area contributed by atoms with Crippen molar-refractivity contribution >= 4 is 0 Å². The van der Waals surface area contributed by atoms with Crippen LogP contribution >= 0.6 is 0 Å². The molecule has 3 nitrogen and oxygen atoms in total. The van der Waals surface area contributed by atoms with E-state index in [4.69, 9.17) is 0 Å². The van der Waals surface area contributed by atoms with Gasteiger partial charge < -0.3 is 5.32 Å². The zero-order chi connectivity index (χ0) is 14.6. The van der Waals surface area contributed by atoms with Crippen LogP contribution in [0, 0.1) is 18.3 Å². The fraction of sp³-hybridized carbons (Fsp3) is 0.812. The van der Waals surface area contributed by atoms with Gasteiger partial charge in [-0.3, -0.25) is 4.68 Å². The van der Waals surface area contributed by atoms with Gasteiger partial charge in [-0.1, -0.05) is 34.6 Å². The Bertz CT molecular complexity index is 387. The minimum absolute atomic E-state index is 0.371. The third kappa shape index (κ3) is 4.98. The van der Waals surface area contributed by atoms with Gasteiger partial charge in [-0.2, -0.15) is 5.10 Å². The summed E-state index contributed by atoms with van der Waals surface area (Å²) in [5.74, 6) is 0.700. The second kappa shape index (κ2) is 6.56. The molecule has 0 spiro atoms. The van der Waals surface area contributed by atoms with Crippen LogP contribution in [-0.4, -0.2) is 22.4 Å². The predicted octanol–water partition coefficient (Wildman–Crippen LogP) is 3.32. The SMILES string of the molecule is CCNC(Cc1cc(C)nn1C)CC(C)C(C)(C)C. The van der Waals surface area contributed by atoms with Crippen molar-refractivity contribution in [1.82, 2.24) is 15.1 Å². The molecule has 110 valence electrons. The van der Waals surface area contributed by atoms with Crippen molar-refractivity contribution in [2.45, 2.75) is 60.4 Å². The van der Waals surface area contributed by atoms with Crippen molar-refractivity contribution in [3.8, 4) is 0 Å². The molecule has 0 bridgehead atoms. The second-order valence-electron chi connectivity index (χ2n) is 6.86. The molecule has 1 rings (SSSR count). The molecule has 19 heavy (non-hydrogen) atoms. The molecule has 0 saturated carbocycles. The number of likely N-dealkylation sites (N-methyl/N-ethyl adjacent to an activating group) is 1. The molecule has 0 fully saturated rings. The fourth-order valence-electron chi connectivity index (χ4n) is 2.42. The molecule has 1 N–H and O–H groups in total. The summed E-state index contributed by atoms with van der Waals surface area (Å²) in [5, 5.41) is 8.07. The van der Waals surface area contributed by atoms with E-state index in [0.29, 0.717) is 17.4 Å². The molecule has 0 aliphatic carbocycles. The number of aromatic nitrogens is 2. The number of aryl methyl sites for hydroxylation is 2. The molecule has 1 aromatic heterocycles. The topological polar surface area (TPSA) is 29.9 Å². The molecule has 3 heteroatoms. The van der Waals surface area contributed by atoms with Crippen molar-refractivity contribution in [3.05, 3.63) is 17.5 Å². The van der Waals surface area contributed by atoms with Crippen LogP contribution in [0.2, 0.25) is 0 Å². The average molecular weight is 265 g/mol. The lowest BCUT2D eigenvalue weighted by molar-refractivity contribution is 0.222. The molecular formula is C16H31N3. The molecule has 0 aromatic carbocycles. The second-order valence-corrected chi connectivity index (χ2v) is 6.86. The van der Waals surface area contributed by atoms with Crippen LogP contribution < -0.4 is 5.32 Å². The van der Waals surface area contributed by atoms with Gasteiger partial charge in [0.15, 0.2) is 0 Å². The molecule has 0 aliphatic heterocycles. The molecule has 2 unspecified atom stereocenters. The van der Waals surface area contributed by atoms with Crippen LogP contribution in [0.5, 0.6) is 0 Å². The number of nitrogens with zero attached hydrogens (tertiary/aromatic N) is 2. The Morgan fingerprint density at radius 2 is 2.00 bits per heavy atom. The van der Waals surface area contributed by atoms with Crippen LogP contribution in [0.15, 0.2) is 6.07 Å². The Labute approximate surface area is 118 Å². The van der Waals surface area contributed by atoms with Crippen LogP contribution in [-0.2, 0) is 13.5 Å². The largest absolute Gasteiger partial charge is 0.314 e. The van der Waals surface area contributed by atoms with E-state index < -0.39 is 0 Å². The summed E-state index contributed by atoms with van der Waals surface area (Å²) in [7, 11) is 2.04. The van der Waals surface area contributed by atoms with Crippen molar-refractivity contribution < 1.29 is 0 Å². The first kappa shape index (κ1) is 16.2. The highest BCUT2D eigenvalue weighted by Crippen LogP contribution is 2.29. The van der Waals surface area contributed by atoms with E-state index in [1.807, 2.05) is 11.7 Å². The van der Waals surface area contributed by atoms with Crippen molar-refractivity contribution in [2.24, 2.45) is 18.4 Å². The highest BCUT2D eigenvalue weighted by Gasteiger charge is 2.24.